The number of amides is 1. The van der Waals surface area contributed by atoms with E-state index in [2.05, 4.69) is 0 Å². The Balaban J connectivity index is 3.18. The van der Waals surface area contributed by atoms with Crippen LogP contribution in [0.1, 0.15) is 11.7 Å². The van der Waals surface area contributed by atoms with Gasteiger partial charge in [0.05, 0.1) is 0 Å². The summed E-state index contributed by atoms with van der Waals surface area (Å²) in [5, 5.41) is 18.5. The van der Waals surface area contributed by atoms with E-state index in [0.717, 1.165) is 6.07 Å². The van der Waals surface area contributed by atoms with Gasteiger partial charge in [-0.3, -0.25) is 4.79 Å². The van der Waals surface area contributed by atoms with Crippen LogP contribution in [-0.2, 0) is 4.79 Å². The molecular formula is C9H10F2N2O3. The molecule has 0 fully saturated rings. The van der Waals surface area contributed by atoms with Crippen molar-refractivity contribution in [2.45, 2.75) is 12.2 Å². The summed E-state index contributed by atoms with van der Waals surface area (Å²) in [6, 6.07) is 1.23. The lowest BCUT2D eigenvalue weighted by Gasteiger charge is -2.17. The number of nitrogen functional groups attached to an aromatic ring is 1. The highest BCUT2D eigenvalue weighted by Crippen LogP contribution is 2.27. The summed E-state index contributed by atoms with van der Waals surface area (Å²) in [6.45, 7) is 0. The number of nitrogens with two attached hydrogens (primary N) is 2. The predicted molar refractivity (Wildman–Crippen MR) is 50.9 cm³/mol. The third-order valence-corrected chi connectivity index (χ3v) is 2.01. The number of aliphatic hydroxyl groups excluding tert-OH is 2. The van der Waals surface area contributed by atoms with Gasteiger partial charge in [0.25, 0.3) is 0 Å². The van der Waals surface area contributed by atoms with Crippen LogP contribution >= 0.6 is 0 Å². The summed E-state index contributed by atoms with van der Waals surface area (Å²) in [5.74, 6) is -3.33. The predicted octanol–water partition coefficient (Wildman–Crippen LogP) is -0.573. The van der Waals surface area contributed by atoms with Crippen molar-refractivity contribution in [2.24, 2.45) is 5.73 Å². The molecule has 0 aliphatic heterocycles. The molecule has 16 heavy (non-hydrogen) atoms. The molecule has 1 aromatic rings. The zero-order valence-corrected chi connectivity index (χ0v) is 8.02. The van der Waals surface area contributed by atoms with E-state index >= 15 is 0 Å². The highest BCUT2D eigenvalue weighted by molar-refractivity contribution is 5.79. The molecule has 0 heterocycles. The first-order chi connectivity index (χ1) is 7.34. The first kappa shape index (κ1) is 12.3. The SMILES string of the molecule is NC(=O)C(O)C(O)c1c(N)cc(F)cc1F. The molecule has 0 saturated carbocycles. The number of rotatable bonds is 3. The number of primary amides is 1. The number of carbonyl (C=O) groups excluding carboxylic acids is 1. The summed E-state index contributed by atoms with van der Waals surface area (Å²) in [5.41, 5.74) is 9.00. The van der Waals surface area contributed by atoms with E-state index in [4.69, 9.17) is 16.6 Å². The van der Waals surface area contributed by atoms with Gasteiger partial charge in [-0.2, -0.15) is 0 Å². The van der Waals surface area contributed by atoms with Crippen molar-refractivity contribution in [1.82, 2.24) is 0 Å². The Labute approximate surface area is 89.3 Å². The molecule has 2 unspecified atom stereocenters. The number of halogens is 2. The van der Waals surface area contributed by atoms with Gasteiger partial charge >= 0.3 is 0 Å². The van der Waals surface area contributed by atoms with Crippen LogP contribution in [0, 0.1) is 11.6 Å². The van der Waals surface area contributed by atoms with E-state index in [9.17, 15) is 18.7 Å². The van der Waals surface area contributed by atoms with Gasteiger partial charge in [-0.1, -0.05) is 0 Å². The van der Waals surface area contributed by atoms with Gasteiger partial charge in [0.2, 0.25) is 5.91 Å². The topological polar surface area (TPSA) is 110 Å². The molecule has 1 aromatic carbocycles. The molecule has 0 bridgehead atoms. The van der Waals surface area contributed by atoms with Crippen LogP contribution in [0.15, 0.2) is 12.1 Å². The van der Waals surface area contributed by atoms with E-state index in [0.29, 0.717) is 6.07 Å². The van der Waals surface area contributed by atoms with Crippen LogP contribution < -0.4 is 11.5 Å². The van der Waals surface area contributed by atoms with Crippen molar-refractivity contribution in [3.63, 3.8) is 0 Å². The zero-order valence-electron chi connectivity index (χ0n) is 8.02. The minimum atomic E-state index is -2.01. The Hall–Kier alpha value is -1.73. The lowest BCUT2D eigenvalue weighted by Crippen LogP contribution is -2.34. The van der Waals surface area contributed by atoms with Crippen molar-refractivity contribution in [3.8, 4) is 0 Å². The van der Waals surface area contributed by atoms with E-state index in [1.807, 2.05) is 0 Å². The van der Waals surface area contributed by atoms with Gasteiger partial charge in [0, 0.05) is 17.3 Å². The van der Waals surface area contributed by atoms with Crippen molar-refractivity contribution in [3.05, 3.63) is 29.3 Å². The van der Waals surface area contributed by atoms with Crippen molar-refractivity contribution in [2.75, 3.05) is 5.73 Å². The molecule has 0 saturated heterocycles. The van der Waals surface area contributed by atoms with Crippen LogP contribution in [-0.4, -0.2) is 22.2 Å². The third kappa shape index (κ3) is 2.26. The lowest BCUT2D eigenvalue weighted by atomic mass is 10.0. The Kier molecular flexibility index (Phi) is 3.41. The number of carbonyl (C=O) groups is 1. The Morgan fingerprint density at radius 3 is 2.31 bits per heavy atom. The quantitative estimate of drug-likeness (QED) is 0.523. The largest absolute Gasteiger partial charge is 0.398 e. The maximum atomic E-state index is 13.2. The second-order valence-electron chi connectivity index (χ2n) is 3.18. The molecule has 0 radical (unpaired) electrons. The Bertz CT molecular complexity index is 402. The summed E-state index contributed by atoms with van der Waals surface area (Å²) in [4.78, 5) is 10.6. The average molecular weight is 232 g/mol. The lowest BCUT2D eigenvalue weighted by molar-refractivity contribution is -0.132. The molecule has 88 valence electrons. The van der Waals surface area contributed by atoms with Crippen LogP contribution in [0.25, 0.3) is 0 Å². The molecule has 0 aliphatic rings. The second kappa shape index (κ2) is 4.42. The maximum Gasteiger partial charge on any atom is 0.249 e. The first-order valence-electron chi connectivity index (χ1n) is 4.24. The van der Waals surface area contributed by atoms with Gasteiger partial charge in [-0.25, -0.2) is 8.78 Å². The molecule has 0 aromatic heterocycles. The van der Waals surface area contributed by atoms with E-state index < -0.39 is 41.0 Å². The number of anilines is 1. The fourth-order valence-electron chi connectivity index (χ4n) is 1.23. The average Bonchev–Trinajstić information content (AvgIpc) is 2.14. The molecule has 7 heteroatoms. The summed E-state index contributed by atoms with van der Waals surface area (Å²) < 4.78 is 25.9. The Morgan fingerprint density at radius 1 is 1.31 bits per heavy atom. The number of hydrogen-bond acceptors (Lipinski definition) is 4. The van der Waals surface area contributed by atoms with E-state index in [-0.39, 0.29) is 0 Å². The highest BCUT2D eigenvalue weighted by atomic mass is 19.1. The monoisotopic (exact) mass is 232 g/mol. The summed E-state index contributed by atoms with van der Waals surface area (Å²) in [7, 11) is 0. The van der Waals surface area contributed by atoms with Gasteiger partial charge in [-0.05, 0) is 6.07 Å². The number of aliphatic hydroxyl groups is 2. The van der Waals surface area contributed by atoms with Crippen molar-refractivity contribution in [1.29, 1.82) is 0 Å². The molecule has 5 nitrogen and oxygen atoms in total. The van der Waals surface area contributed by atoms with Crippen LogP contribution in [0.3, 0.4) is 0 Å². The number of benzene rings is 1. The smallest absolute Gasteiger partial charge is 0.249 e. The third-order valence-electron chi connectivity index (χ3n) is 2.01. The van der Waals surface area contributed by atoms with Crippen LogP contribution in [0.4, 0.5) is 14.5 Å². The maximum absolute atomic E-state index is 13.2. The molecule has 2 atom stereocenters. The minimum Gasteiger partial charge on any atom is -0.398 e. The molecule has 0 spiro atoms. The number of hydrogen-bond donors (Lipinski definition) is 4. The van der Waals surface area contributed by atoms with Crippen molar-refractivity contribution < 1.29 is 23.8 Å². The van der Waals surface area contributed by atoms with Gasteiger partial charge in [-0.15, -0.1) is 0 Å². The van der Waals surface area contributed by atoms with Crippen LogP contribution in [0.5, 0.6) is 0 Å². The molecule has 1 rings (SSSR count). The molecule has 0 aliphatic carbocycles. The van der Waals surface area contributed by atoms with Gasteiger partial charge < -0.3 is 21.7 Å². The molecular weight excluding hydrogens is 222 g/mol. The Morgan fingerprint density at radius 2 is 1.88 bits per heavy atom. The van der Waals surface area contributed by atoms with E-state index in [1.165, 1.54) is 0 Å². The second-order valence-corrected chi connectivity index (χ2v) is 3.18. The summed E-state index contributed by atoms with van der Waals surface area (Å²) in [6.07, 6.45) is -3.94. The van der Waals surface area contributed by atoms with Gasteiger partial charge in [0.1, 0.15) is 17.7 Å². The summed E-state index contributed by atoms with van der Waals surface area (Å²) >= 11 is 0. The molecule has 1 amide bonds. The van der Waals surface area contributed by atoms with E-state index in [1.54, 1.807) is 0 Å². The molecule has 6 N–H and O–H groups in total. The van der Waals surface area contributed by atoms with Crippen molar-refractivity contribution >= 4 is 11.6 Å². The standard InChI is InChI=1S/C9H10F2N2O3/c10-3-1-4(11)6(5(12)2-3)7(14)8(15)9(13)16/h1-2,7-8,14-15H,12H2,(H2,13,16). The first-order valence-corrected chi connectivity index (χ1v) is 4.24. The fourth-order valence-corrected chi connectivity index (χ4v) is 1.23. The highest BCUT2D eigenvalue weighted by Gasteiger charge is 2.28. The fraction of sp³-hybridized carbons (Fsp3) is 0.222. The van der Waals surface area contributed by atoms with Crippen LogP contribution in [0.2, 0.25) is 0 Å². The normalized spacial score (nSPS) is 14.5. The minimum absolute atomic E-state index is 0.412. The zero-order chi connectivity index (χ0) is 12.5. The van der Waals surface area contributed by atoms with Gasteiger partial charge in [0.15, 0.2) is 6.10 Å².